The summed E-state index contributed by atoms with van der Waals surface area (Å²) in [6.07, 6.45) is 4.01. The molecule has 3 heteroatoms. The van der Waals surface area contributed by atoms with E-state index in [0.717, 1.165) is 41.3 Å². The van der Waals surface area contributed by atoms with Gasteiger partial charge in [-0.15, -0.1) is 0 Å². The minimum atomic E-state index is -0.0521. The first-order valence-corrected chi connectivity index (χ1v) is 9.01. The molecule has 0 nitrogen and oxygen atoms in total. The lowest BCUT2D eigenvalue weighted by Crippen LogP contribution is -1.90. The molecule has 0 aromatic heterocycles. The van der Waals surface area contributed by atoms with Crippen LogP contribution in [0, 0.1) is 11.6 Å². The van der Waals surface area contributed by atoms with Crippen molar-refractivity contribution in [3.05, 3.63) is 68.7 Å². The smallest absolute Gasteiger partial charge is 0.127 e. The first kappa shape index (κ1) is 16.6. The Bertz CT molecular complexity index is 724. The standard InChI is InChI=1S/C10H10BrF.C10H11F/c1-6-2-3-8-9(6)4-7(11)5-10(8)12;1-7-5-6-9-8(7)3-2-4-10(9)11/h4-6H,2-3H2,1H3;2-4,7H,5-6H2,1H3. The van der Waals surface area contributed by atoms with Crippen LogP contribution in [0.5, 0.6) is 0 Å². The lowest BCUT2D eigenvalue weighted by Gasteiger charge is -2.05. The molecule has 2 unspecified atom stereocenters. The maximum absolute atomic E-state index is 13.3. The highest BCUT2D eigenvalue weighted by atomic mass is 79.9. The second kappa shape index (κ2) is 6.72. The summed E-state index contributed by atoms with van der Waals surface area (Å²) in [5.41, 5.74) is 4.26. The van der Waals surface area contributed by atoms with Crippen LogP contribution in [-0.2, 0) is 12.8 Å². The number of halogens is 3. The number of rotatable bonds is 0. The quantitative estimate of drug-likeness (QED) is 0.489. The largest absolute Gasteiger partial charge is 0.207 e. The number of benzene rings is 2. The van der Waals surface area contributed by atoms with Crippen molar-refractivity contribution in [1.82, 2.24) is 0 Å². The van der Waals surface area contributed by atoms with E-state index >= 15 is 0 Å². The molecule has 2 atom stereocenters. The van der Waals surface area contributed by atoms with E-state index in [9.17, 15) is 8.78 Å². The molecule has 0 radical (unpaired) electrons. The summed E-state index contributed by atoms with van der Waals surface area (Å²) in [5, 5.41) is 0. The zero-order valence-electron chi connectivity index (χ0n) is 13.5. The molecule has 0 fully saturated rings. The molecule has 0 N–H and O–H groups in total. The fourth-order valence-corrected chi connectivity index (χ4v) is 4.11. The Balaban J connectivity index is 0.000000136. The SMILES string of the molecule is CC1CCc2c(F)cc(Br)cc21.CC1CCc2c(F)cccc21. The van der Waals surface area contributed by atoms with Gasteiger partial charge >= 0.3 is 0 Å². The summed E-state index contributed by atoms with van der Waals surface area (Å²) >= 11 is 3.30. The Hall–Kier alpha value is -1.22. The molecule has 23 heavy (non-hydrogen) atoms. The van der Waals surface area contributed by atoms with E-state index in [1.807, 2.05) is 12.1 Å². The third-order valence-corrected chi connectivity index (χ3v) is 5.52. The van der Waals surface area contributed by atoms with Gasteiger partial charge in [-0.2, -0.15) is 0 Å². The molecule has 0 amide bonds. The number of hydrogen-bond acceptors (Lipinski definition) is 0. The summed E-state index contributed by atoms with van der Waals surface area (Å²) in [7, 11) is 0. The topological polar surface area (TPSA) is 0 Å². The highest BCUT2D eigenvalue weighted by Crippen LogP contribution is 2.36. The molecule has 0 spiro atoms. The van der Waals surface area contributed by atoms with Gasteiger partial charge in [0.15, 0.2) is 0 Å². The summed E-state index contributed by atoms with van der Waals surface area (Å²) < 4.78 is 27.2. The highest BCUT2D eigenvalue weighted by molar-refractivity contribution is 9.10. The van der Waals surface area contributed by atoms with Gasteiger partial charge in [0.1, 0.15) is 11.6 Å². The molecule has 2 aliphatic rings. The summed E-state index contributed by atoms with van der Waals surface area (Å²) in [6.45, 7) is 4.31. The predicted molar refractivity (Wildman–Crippen MR) is 94.0 cm³/mol. The van der Waals surface area contributed by atoms with Crippen molar-refractivity contribution in [2.45, 2.75) is 51.4 Å². The van der Waals surface area contributed by atoms with Crippen molar-refractivity contribution >= 4 is 15.9 Å². The molecule has 4 rings (SSSR count). The van der Waals surface area contributed by atoms with Crippen LogP contribution in [0.3, 0.4) is 0 Å². The normalized spacial score (nSPS) is 21.4. The molecule has 2 aromatic rings. The van der Waals surface area contributed by atoms with Crippen LogP contribution in [0.15, 0.2) is 34.8 Å². The fraction of sp³-hybridized carbons (Fsp3) is 0.400. The van der Waals surface area contributed by atoms with Crippen molar-refractivity contribution in [2.24, 2.45) is 0 Å². The Morgan fingerprint density at radius 1 is 0.870 bits per heavy atom. The lowest BCUT2D eigenvalue weighted by molar-refractivity contribution is 0.611. The first-order valence-electron chi connectivity index (χ1n) is 8.22. The van der Waals surface area contributed by atoms with E-state index in [-0.39, 0.29) is 11.6 Å². The van der Waals surface area contributed by atoms with Crippen molar-refractivity contribution in [3.63, 3.8) is 0 Å². The van der Waals surface area contributed by atoms with Crippen molar-refractivity contribution in [1.29, 1.82) is 0 Å². The van der Waals surface area contributed by atoms with Crippen LogP contribution in [0.4, 0.5) is 8.78 Å². The van der Waals surface area contributed by atoms with Gasteiger partial charge in [-0.3, -0.25) is 0 Å². The Morgan fingerprint density at radius 3 is 2.13 bits per heavy atom. The third kappa shape index (κ3) is 3.35. The minimum absolute atomic E-state index is 0.0214. The van der Waals surface area contributed by atoms with Crippen molar-refractivity contribution in [2.75, 3.05) is 0 Å². The van der Waals surface area contributed by atoms with E-state index < -0.39 is 0 Å². The third-order valence-electron chi connectivity index (χ3n) is 5.07. The van der Waals surface area contributed by atoms with Gasteiger partial charge in [0.2, 0.25) is 0 Å². The summed E-state index contributed by atoms with van der Waals surface area (Å²) in [5.74, 6) is 1.00. The van der Waals surface area contributed by atoms with E-state index in [1.165, 1.54) is 11.1 Å². The first-order chi connectivity index (χ1) is 11.0. The molecule has 122 valence electrons. The van der Waals surface area contributed by atoms with Gasteiger partial charge in [0.25, 0.3) is 0 Å². The number of hydrogen-bond donors (Lipinski definition) is 0. The lowest BCUT2D eigenvalue weighted by atomic mass is 10.0. The fourth-order valence-electron chi connectivity index (χ4n) is 3.66. The molecule has 0 saturated heterocycles. The minimum Gasteiger partial charge on any atom is -0.207 e. The molecule has 0 bridgehead atoms. The Kier molecular flexibility index (Phi) is 4.86. The second-order valence-corrected chi connectivity index (χ2v) is 7.56. The maximum atomic E-state index is 13.3. The van der Waals surface area contributed by atoms with Crippen molar-refractivity contribution in [3.8, 4) is 0 Å². The molecular formula is C20H21BrF2. The molecule has 0 heterocycles. The van der Waals surface area contributed by atoms with Crippen LogP contribution in [-0.4, -0.2) is 0 Å². The molecule has 0 aliphatic heterocycles. The van der Waals surface area contributed by atoms with Gasteiger partial charge in [-0.1, -0.05) is 41.9 Å². The highest BCUT2D eigenvalue weighted by Gasteiger charge is 2.22. The van der Waals surface area contributed by atoms with E-state index in [2.05, 4.69) is 29.8 Å². The average molecular weight is 379 g/mol. The maximum Gasteiger partial charge on any atom is 0.127 e. The Labute approximate surface area is 145 Å². The van der Waals surface area contributed by atoms with E-state index in [1.54, 1.807) is 18.2 Å². The Morgan fingerprint density at radius 2 is 1.48 bits per heavy atom. The van der Waals surface area contributed by atoms with Crippen LogP contribution >= 0.6 is 15.9 Å². The van der Waals surface area contributed by atoms with Gasteiger partial charge in [0.05, 0.1) is 0 Å². The van der Waals surface area contributed by atoms with Crippen LogP contribution in [0.1, 0.15) is 60.8 Å². The van der Waals surface area contributed by atoms with E-state index in [0.29, 0.717) is 11.8 Å². The monoisotopic (exact) mass is 378 g/mol. The van der Waals surface area contributed by atoms with Crippen LogP contribution in [0.2, 0.25) is 0 Å². The van der Waals surface area contributed by atoms with Gasteiger partial charge in [0, 0.05) is 4.47 Å². The van der Waals surface area contributed by atoms with Gasteiger partial charge < -0.3 is 0 Å². The van der Waals surface area contributed by atoms with Gasteiger partial charge in [-0.05, 0) is 78.0 Å². The molecule has 2 aliphatic carbocycles. The molecular weight excluding hydrogens is 358 g/mol. The van der Waals surface area contributed by atoms with Crippen LogP contribution < -0.4 is 0 Å². The predicted octanol–water partition coefficient (Wildman–Crippen LogP) is 6.51. The molecule has 0 saturated carbocycles. The van der Waals surface area contributed by atoms with E-state index in [4.69, 9.17) is 0 Å². The van der Waals surface area contributed by atoms with Crippen LogP contribution in [0.25, 0.3) is 0 Å². The second-order valence-electron chi connectivity index (χ2n) is 6.64. The zero-order chi connectivity index (χ0) is 16.6. The zero-order valence-corrected chi connectivity index (χ0v) is 15.1. The molecule has 2 aromatic carbocycles. The number of fused-ring (bicyclic) bond motifs is 2. The average Bonchev–Trinajstić information content (AvgIpc) is 3.06. The van der Waals surface area contributed by atoms with Gasteiger partial charge in [-0.25, -0.2) is 8.78 Å². The van der Waals surface area contributed by atoms with Crippen molar-refractivity contribution < 1.29 is 8.78 Å². The summed E-state index contributed by atoms with van der Waals surface area (Å²) in [4.78, 5) is 0. The summed E-state index contributed by atoms with van der Waals surface area (Å²) in [6, 6.07) is 8.98.